The van der Waals surface area contributed by atoms with Crippen LogP contribution in [-0.4, -0.2) is 17.8 Å². The quantitative estimate of drug-likeness (QED) is 0.764. The van der Waals surface area contributed by atoms with Gasteiger partial charge < -0.3 is 10.3 Å². The van der Waals surface area contributed by atoms with Crippen LogP contribution >= 0.6 is 0 Å². The summed E-state index contributed by atoms with van der Waals surface area (Å²) in [6.45, 7) is 0.772. The fraction of sp³-hybridized carbons (Fsp3) is 0.154. The number of carbonyl (C=O) groups is 1. The van der Waals surface area contributed by atoms with Crippen LogP contribution in [0.1, 0.15) is 21.5 Å². The lowest BCUT2D eigenvalue weighted by atomic mass is 10.0. The lowest BCUT2D eigenvalue weighted by molar-refractivity contribution is 0.103. The van der Waals surface area contributed by atoms with E-state index in [1.54, 1.807) is 18.5 Å². The Balaban J connectivity index is 2.27. The highest BCUT2D eigenvalue weighted by Crippen LogP contribution is 2.11. The number of carbonyl (C=O) groups excluding carboxylic acids is 1. The Morgan fingerprint density at radius 1 is 1.31 bits per heavy atom. The van der Waals surface area contributed by atoms with Gasteiger partial charge in [-0.25, -0.2) is 0 Å². The predicted octanol–water partition coefficient (Wildman–Crippen LogP) is 1.97. The van der Waals surface area contributed by atoms with E-state index >= 15 is 0 Å². The van der Waals surface area contributed by atoms with Gasteiger partial charge in [0.15, 0.2) is 5.78 Å². The minimum absolute atomic E-state index is 0.0548. The molecule has 1 aromatic heterocycles. The third-order valence-electron chi connectivity index (χ3n) is 2.43. The molecule has 0 aliphatic rings. The van der Waals surface area contributed by atoms with Gasteiger partial charge in [0.05, 0.1) is 0 Å². The highest BCUT2D eigenvalue weighted by atomic mass is 16.1. The van der Waals surface area contributed by atoms with E-state index in [1.807, 2.05) is 31.3 Å². The summed E-state index contributed by atoms with van der Waals surface area (Å²) in [5, 5.41) is 3.07. The Labute approximate surface area is 94.5 Å². The van der Waals surface area contributed by atoms with Crippen molar-refractivity contribution in [3.05, 3.63) is 59.4 Å². The van der Waals surface area contributed by atoms with Crippen molar-refractivity contribution in [1.82, 2.24) is 10.3 Å². The molecule has 0 amide bonds. The third kappa shape index (κ3) is 2.20. The number of H-pyrrole nitrogens is 1. The lowest BCUT2D eigenvalue weighted by Gasteiger charge is -2.03. The molecule has 0 radical (unpaired) electrons. The van der Waals surface area contributed by atoms with Crippen LogP contribution in [0.5, 0.6) is 0 Å². The highest BCUT2D eigenvalue weighted by molar-refractivity contribution is 6.08. The summed E-state index contributed by atoms with van der Waals surface area (Å²) in [6, 6.07) is 9.46. The van der Waals surface area contributed by atoms with Crippen LogP contribution in [0.4, 0.5) is 0 Å². The summed E-state index contributed by atoms with van der Waals surface area (Å²) in [7, 11) is 1.89. The van der Waals surface area contributed by atoms with Crippen molar-refractivity contribution >= 4 is 5.78 Å². The molecule has 2 rings (SSSR count). The molecule has 3 nitrogen and oxygen atoms in total. The van der Waals surface area contributed by atoms with Crippen LogP contribution in [0.25, 0.3) is 0 Å². The average molecular weight is 214 g/mol. The molecule has 3 heteroatoms. The van der Waals surface area contributed by atoms with E-state index in [4.69, 9.17) is 0 Å². The van der Waals surface area contributed by atoms with Gasteiger partial charge in [0.1, 0.15) is 0 Å². The van der Waals surface area contributed by atoms with E-state index in [9.17, 15) is 4.79 Å². The van der Waals surface area contributed by atoms with E-state index in [0.29, 0.717) is 5.56 Å². The minimum Gasteiger partial charge on any atom is -0.367 e. The Kier molecular flexibility index (Phi) is 3.17. The summed E-state index contributed by atoms with van der Waals surface area (Å²) < 4.78 is 0. The number of ketones is 1. The van der Waals surface area contributed by atoms with E-state index < -0.39 is 0 Å². The second-order valence-electron chi connectivity index (χ2n) is 3.66. The zero-order chi connectivity index (χ0) is 11.4. The molecule has 0 aliphatic carbocycles. The molecule has 1 aromatic carbocycles. The van der Waals surface area contributed by atoms with Gasteiger partial charge in [-0.3, -0.25) is 4.79 Å². The topological polar surface area (TPSA) is 44.9 Å². The fourth-order valence-electron chi connectivity index (χ4n) is 1.66. The fourth-order valence-corrected chi connectivity index (χ4v) is 1.66. The molecule has 0 atom stereocenters. The van der Waals surface area contributed by atoms with Crippen LogP contribution < -0.4 is 5.32 Å². The lowest BCUT2D eigenvalue weighted by Crippen LogP contribution is -2.06. The number of hydrogen-bond donors (Lipinski definition) is 2. The van der Waals surface area contributed by atoms with Crippen LogP contribution in [0, 0.1) is 0 Å². The van der Waals surface area contributed by atoms with Gasteiger partial charge >= 0.3 is 0 Å². The van der Waals surface area contributed by atoms with Crippen LogP contribution in [0.15, 0.2) is 42.7 Å². The molecule has 0 bridgehead atoms. The minimum atomic E-state index is 0.0548. The summed E-state index contributed by atoms with van der Waals surface area (Å²) in [5.74, 6) is 0.0548. The van der Waals surface area contributed by atoms with Crippen LogP contribution in [-0.2, 0) is 6.54 Å². The second kappa shape index (κ2) is 4.77. The van der Waals surface area contributed by atoms with Gasteiger partial charge in [-0.2, -0.15) is 0 Å². The van der Waals surface area contributed by atoms with E-state index in [-0.39, 0.29) is 5.78 Å². The maximum Gasteiger partial charge on any atom is 0.194 e. The standard InChI is InChI=1S/C13H14N2O/c1-14-8-10-3-2-4-11(7-10)13(16)12-5-6-15-9-12/h2-7,9,14-15H,8H2,1H3. The number of aromatic amines is 1. The Bertz CT molecular complexity index is 474. The summed E-state index contributed by atoms with van der Waals surface area (Å²) in [4.78, 5) is 14.9. The summed E-state index contributed by atoms with van der Waals surface area (Å²) >= 11 is 0. The smallest absolute Gasteiger partial charge is 0.194 e. The van der Waals surface area contributed by atoms with Gasteiger partial charge in [0.2, 0.25) is 0 Å². The first-order chi connectivity index (χ1) is 7.81. The molecule has 82 valence electrons. The molecule has 0 fully saturated rings. The SMILES string of the molecule is CNCc1cccc(C(=O)c2cc[nH]c2)c1. The zero-order valence-electron chi connectivity index (χ0n) is 9.16. The molecule has 0 saturated carbocycles. The Hall–Kier alpha value is -1.87. The monoisotopic (exact) mass is 214 g/mol. The third-order valence-corrected chi connectivity index (χ3v) is 2.43. The molecule has 16 heavy (non-hydrogen) atoms. The molecular weight excluding hydrogens is 200 g/mol. The number of aromatic nitrogens is 1. The molecule has 2 aromatic rings. The average Bonchev–Trinajstić information content (AvgIpc) is 2.82. The molecular formula is C13H14N2O. The van der Waals surface area contributed by atoms with Crippen molar-refractivity contribution in [2.75, 3.05) is 7.05 Å². The molecule has 0 unspecified atom stereocenters. The molecule has 2 N–H and O–H groups in total. The first-order valence-electron chi connectivity index (χ1n) is 5.22. The molecule has 0 aliphatic heterocycles. The normalized spacial score (nSPS) is 10.3. The van der Waals surface area contributed by atoms with Crippen molar-refractivity contribution < 1.29 is 4.79 Å². The van der Waals surface area contributed by atoms with Gasteiger partial charge in [0, 0.05) is 30.1 Å². The van der Waals surface area contributed by atoms with Crippen molar-refractivity contribution in [2.45, 2.75) is 6.54 Å². The first kappa shape index (κ1) is 10.6. The Morgan fingerprint density at radius 3 is 2.88 bits per heavy atom. The summed E-state index contributed by atoms with van der Waals surface area (Å²) in [6.07, 6.45) is 3.47. The van der Waals surface area contributed by atoms with Crippen LogP contribution in [0.2, 0.25) is 0 Å². The predicted molar refractivity (Wildman–Crippen MR) is 63.4 cm³/mol. The number of nitrogens with one attached hydrogen (secondary N) is 2. The maximum atomic E-state index is 12.0. The Morgan fingerprint density at radius 2 is 2.19 bits per heavy atom. The van der Waals surface area contributed by atoms with Crippen molar-refractivity contribution in [3.8, 4) is 0 Å². The zero-order valence-corrected chi connectivity index (χ0v) is 9.16. The van der Waals surface area contributed by atoms with Crippen molar-refractivity contribution in [3.63, 3.8) is 0 Å². The maximum absolute atomic E-state index is 12.0. The molecule has 0 spiro atoms. The van der Waals surface area contributed by atoms with Crippen molar-refractivity contribution in [1.29, 1.82) is 0 Å². The largest absolute Gasteiger partial charge is 0.367 e. The first-order valence-corrected chi connectivity index (χ1v) is 5.22. The summed E-state index contributed by atoms with van der Waals surface area (Å²) in [5.41, 5.74) is 2.54. The molecule has 1 heterocycles. The van der Waals surface area contributed by atoms with Gasteiger partial charge in [-0.1, -0.05) is 18.2 Å². The highest BCUT2D eigenvalue weighted by Gasteiger charge is 2.09. The number of rotatable bonds is 4. The van der Waals surface area contributed by atoms with E-state index in [2.05, 4.69) is 10.3 Å². The second-order valence-corrected chi connectivity index (χ2v) is 3.66. The number of hydrogen-bond acceptors (Lipinski definition) is 2. The van der Waals surface area contributed by atoms with Crippen molar-refractivity contribution in [2.24, 2.45) is 0 Å². The van der Waals surface area contributed by atoms with E-state index in [0.717, 1.165) is 17.7 Å². The number of benzene rings is 1. The van der Waals surface area contributed by atoms with Gasteiger partial charge in [-0.05, 0) is 24.7 Å². The molecule has 0 saturated heterocycles. The van der Waals surface area contributed by atoms with Gasteiger partial charge in [0.25, 0.3) is 0 Å². The van der Waals surface area contributed by atoms with Gasteiger partial charge in [-0.15, -0.1) is 0 Å². The van der Waals surface area contributed by atoms with E-state index in [1.165, 1.54) is 0 Å². The van der Waals surface area contributed by atoms with Crippen LogP contribution in [0.3, 0.4) is 0 Å².